The molecule has 0 amide bonds. The molecule has 0 bridgehead atoms. The molecule has 0 aliphatic heterocycles. The fraction of sp³-hybridized carbons (Fsp3) is 0.125. The molecule has 1 N–H and O–H groups in total. The Morgan fingerprint density at radius 1 is 1.38 bits per heavy atom. The lowest BCUT2D eigenvalue weighted by atomic mass is 10.3. The standard InChI is InChI=1S/C8H4F3N3O2/c9-8(10,11)5-2-13-14-3-4(7(15)16)1-12-6(5)14/h1-3H,(H,15,16). The van der Waals surface area contributed by atoms with Gasteiger partial charge >= 0.3 is 12.1 Å². The van der Waals surface area contributed by atoms with Gasteiger partial charge in [0.15, 0.2) is 5.65 Å². The number of carboxylic acids is 1. The summed E-state index contributed by atoms with van der Waals surface area (Å²) in [5.41, 5.74) is -1.65. The molecule has 0 aromatic carbocycles. The maximum absolute atomic E-state index is 12.4. The van der Waals surface area contributed by atoms with Crippen molar-refractivity contribution in [1.29, 1.82) is 0 Å². The van der Waals surface area contributed by atoms with Gasteiger partial charge in [-0.05, 0) is 0 Å². The third-order valence-corrected chi connectivity index (χ3v) is 1.91. The van der Waals surface area contributed by atoms with Crippen LogP contribution in [0.25, 0.3) is 5.65 Å². The average Bonchev–Trinajstić information content (AvgIpc) is 2.58. The van der Waals surface area contributed by atoms with Crippen LogP contribution in [0.4, 0.5) is 13.2 Å². The van der Waals surface area contributed by atoms with Crippen LogP contribution < -0.4 is 0 Å². The Hall–Kier alpha value is -2.12. The van der Waals surface area contributed by atoms with Crippen LogP contribution in [-0.4, -0.2) is 25.7 Å². The average molecular weight is 231 g/mol. The fourth-order valence-corrected chi connectivity index (χ4v) is 1.19. The summed E-state index contributed by atoms with van der Waals surface area (Å²) in [6, 6.07) is 0. The van der Waals surface area contributed by atoms with Gasteiger partial charge in [0.25, 0.3) is 0 Å². The van der Waals surface area contributed by atoms with Gasteiger partial charge in [0.2, 0.25) is 0 Å². The number of aromatic carboxylic acids is 1. The lowest BCUT2D eigenvalue weighted by molar-refractivity contribution is -0.136. The normalized spacial score (nSPS) is 11.9. The van der Waals surface area contributed by atoms with Crippen molar-refractivity contribution < 1.29 is 23.1 Å². The molecule has 5 nitrogen and oxygen atoms in total. The molecule has 0 saturated heterocycles. The summed E-state index contributed by atoms with van der Waals surface area (Å²) in [4.78, 5) is 14.0. The SMILES string of the molecule is O=C(O)c1cnc2c(C(F)(F)F)cnn2c1. The van der Waals surface area contributed by atoms with E-state index in [1.165, 1.54) is 0 Å². The molecule has 0 aliphatic rings. The molecule has 16 heavy (non-hydrogen) atoms. The van der Waals surface area contributed by atoms with Crippen molar-refractivity contribution in [2.24, 2.45) is 0 Å². The Bertz CT molecular complexity index is 561. The second-order valence-electron chi connectivity index (χ2n) is 2.97. The Kier molecular flexibility index (Phi) is 2.07. The summed E-state index contributed by atoms with van der Waals surface area (Å²) in [7, 11) is 0. The number of carboxylic acid groups (broad SMARTS) is 1. The number of alkyl halides is 3. The number of aromatic nitrogens is 3. The number of fused-ring (bicyclic) bond motifs is 1. The molecule has 0 saturated carbocycles. The van der Waals surface area contributed by atoms with E-state index in [1.54, 1.807) is 0 Å². The molecule has 0 fully saturated rings. The van der Waals surface area contributed by atoms with E-state index < -0.39 is 23.4 Å². The topological polar surface area (TPSA) is 67.5 Å². The second-order valence-corrected chi connectivity index (χ2v) is 2.97. The van der Waals surface area contributed by atoms with Crippen molar-refractivity contribution in [2.45, 2.75) is 6.18 Å². The van der Waals surface area contributed by atoms with Gasteiger partial charge < -0.3 is 5.11 Å². The molecule has 0 radical (unpaired) electrons. The quantitative estimate of drug-likeness (QED) is 0.806. The van der Waals surface area contributed by atoms with Gasteiger partial charge in [0, 0.05) is 12.4 Å². The van der Waals surface area contributed by atoms with Crippen molar-refractivity contribution in [2.75, 3.05) is 0 Å². The molecule has 0 atom stereocenters. The van der Waals surface area contributed by atoms with Crippen molar-refractivity contribution in [3.8, 4) is 0 Å². The zero-order valence-electron chi connectivity index (χ0n) is 7.56. The van der Waals surface area contributed by atoms with Crippen LogP contribution >= 0.6 is 0 Å². The van der Waals surface area contributed by atoms with Gasteiger partial charge in [0.1, 0.15) is 5.56 Å². The first-order chi connectivity index (χ1) is 7.39. The predicted molar refractivity (Wildman–Crippen MR) is 44.9 cm³/mol. The van der Waals surface area contributed by atoms with Crippen molar-refractivity contribution in [3.63, 3.8) is 0 Å². The first kappa shape index (κ1) is 10.4. The molecular weight excluding hydrogens is 227 g/mol. The van der Waals surface area contributed by atoms with Crippen LogP contribution in [0.1, 0.15) is 15.9 Å². The number of nitrogens with zero attached hydrogens (tertiary/aromatic N) is 3. The van der Waals surface area contributed by atoms with Gasteiger partial charge in [-0.15, -0.1) is 0 Å². The number of carbonyl (C=O) groups is 1. The monoisotopic (exact) mass is 231 g/mol. The largest absolute Gasteiger partial charge is 0.478 e. The third kappa shape index (κ3) is 1.58. The van der Waals surface area contributed by atoms with Crippen LogP contribution in [-0.2, 0) is 6.18 Å². The highest BCUT2D eigenvalue weighted by Crippen LogP contribution is 2.31. The molecular formula is C8H4F3N3O2. The number of rotatable bonds is 1. The zero-order valence-corrected chi connectivity index (χ0v) is 7.56. The Morgan fingerprint density at radius 2 is 2.06 bits per heavy atom. The number of hydrogen-bond acceptors (Lipinski definition) is 3. The van der Waals surface area contributed by atoms with Gasteiger partial charge in [-0.25, -0.2) is 14.3 Å². The lowest BCUT2D eigenvalue weighted by Crippen LogP contribution is -2.06. The molecule has 0 unspecified atom stereocenters. The Morgan fingerprint density at radius 3 is 2.62 bits per heavy atom. The molecule has 2 aromatic heterocycles. The van der Waals surface area contributed by atoms with Crippen LogP contribution in [0.15, 0.2) is 18.6 Å². The molecule has 8 heteroatoms. The smallest absolute Gasteiger partial charge is 0.421 e. The zero-order chi connectivity index (χ0) is 11.9. The van der Waals surface area contributed by atoms with Crippen LogP contribution in [0, 0.1) is 0 Å². The molecule has 0 aliphatic carbocycles. The summed E-state index contributed by atoms with van der Waals surface area (Å²) < 4.78 is 38.0. The lowest BCUT2D eigenvalue weighted by Gasteiger charge is -2.02. The molecule has 2 heterocycles. The summed E-state index contributed by atoms with van der Waals surface area (Å²) in [5, 5.41) is 12.0. The van der Waals surface area contributed by atoms with Crippen LogP contribution in [0.5, 0.6) is 0 Å². The van der Waals surface area contributed by atoms with E-state index in [9.17, 15) is 18.0 Å². The van der Waals surface area contributed by atoms with Gasteiger partial charge in [-0.2, -0.15) is 18.3 Å². The van der Waals surface area contributed by atoms with E-state index >= 15 is 0 Å². The first-order valence-corrected chi connectivity index (χ1v) is 4.03. The maximum Gasteiger partial charge on any atom is 0.421 e. The van der Waals surface area contributed by atoms with E-state index in [2.05, 4.69) is 10.1 Å². The highest BCUT2D eigenvalue weighted by Gasteiger charge is 2.35. The molecule has 2 aromatic rings. The van der Waals surface area contributed by atoms with Crippen LogP contribution in [0.2, 0.25) is 0 Å². The second kappa shape index (κ2) is 3.19. The minimum Gasteiger partial charge on any atom is -0.478 e. The van der Waals surface area contributed by atoms with Crippen LogP contribution in [0.3, 0.4) is 0 Å². The van der Waals surface area contributed by atoms with E-state index in [0.717, 1.165) is 16.9 Å². The first-order valence-electron chi connectivity index (χ1n) is 4.03. The maximum atomic E-state index is 12.4. The molecule has 2 rings (SSSR count). The van der Waals surface area contributed by atoms with E-state index in [4.69, 9.17) is 5.11 Å². The fourth-order valence-electron chi connectivity index (χ4n) is 1.19. The van der Waals surface area contributed by atoms with Gasteiger partial charge in [-0.1, -0.05) is 0 Å². The molecule has 84 valence electrons. The van der Waals surface area contributed by atoms with Crippen molar-refractivity contribution in [3.05, 3.63) is 29.7 Å². The Balaban J connectivity index is 2.64. The summed E-state index contributed by atoms with van der Waals surface area (Å²) in [6.45, 7) is 0. The van der Waals surface area contributed by atoms with E-state index in [-0.39, 0.29) is 5.56 Å². The van der Waals surface area contributed by atoms with Crippen molar-refractivity contribution in [1.82, 2.24) is 14.6 Å². The summed E-state index contributed by atoms with van der Waals surface area (Å²) in [5.74, 6) is -1.28. The van der Waals surface area contributed by atoms with Gasteiger partial charge in [-0.3, -0.25) is 0 Å². The van der Waals surface area contributed by atoms with E-state index in [0.29, 0.717) is 6.20 Å². The minimum absolute atomic E-state index is 0.232. The van der Waals surface area contributed by atoms with Crippen molar-refractivity contribution >= 4 is 11.6 Å². The highest BCUT2D eigenvalue weighted by molar-refractivity contribution is 5.87. The Labute approximate surface area is 86.1 Å². The summed E-state index contributed by atoms with van der Waals surface area (Å²) >= 11 is 0. The molecule has 0 spiro atoms. The third-order valence-electron chi connectivity index (χ3n) is 1.91. The number of hydrogen-bond donors (Lipinski definition) is 1. The predicted octanol–water partition coefficient (Wildman–Crippen LogP) is 1.45. The van der Waals surface area contributed by atoms with E-state index in [1.807, 2.05) is 0 Å². The summed E-state index contributed by atoms with van der Waals surface area (Å²) in [6.07, 6.45) is -2.12. The van der Waals surface area contributed by atoms with Gasteiger partial charge in [0.05, 0.1) is 11.8 Å². The number of halogens is 3. The minimum atomic E-state index is -4.56. The highest BCUT2D eigenvalue weighted by atomic mass is 19.4.